The van der Waals surface area contributed by atoms with Gasteiger partial charge >= 0.3 is 0 Å². The fourth-order valence-corrected chi connectivity index (χ4v) is 2.50. The van der Waals surface area contributed by atoms with E-state index in [9.17, 15) is 4.79 Å². The Labute approximate surface area is 87.1 Å². The van der Waals surface area contributed by atoms with Crippen molar-refractivity contribution < 1.29 is 4.74 Å². The van der Waals surface area contributed by atoms with Crippen LogP contribution in [0.25, 0.3) is 0 Å². The van der Waals surface area contributed by atoms with Gasteiger partial charge in [0, 0.05) is 6.07 Å². The topological polar surface area (TPSA) is 58.2 Å². The van der Waals surface area contributed by atoms with E-state index in [0.29, 0.717) is 12.1 Å². The van der Waals surface area contributed by atoms with Crippen molar-refractivity contribution in [2.45, 2.75) is 24.9 Å². The van der Waals surface area contributed by atoms with Crippen LogP contribution < -0.4 is 10.5 Å². The Balaban J connectivity index is 1.97. The third-order valence-corrected chi connectivity index (χ3v) is 3.17. The Hall–Kier alpha value is -1.36. The second-order valence-electron chi connectivity index (χ2n) is 4.10. The minimum Gasteiger partial charge on any atom is -0.377 e. The van der Waals surface area contributed by atoms with Gasteiger partial charge in [0.05, 0.1) is 31.6 Å². The van der Waals surface area contributed by atoms with Crippen LogP contribution in [-0.4, -0.2) is 35.3 Å². The van der Waals surface area contributed by atoms with E-state index in [2.05, 4.69) is 14.9 Å². The molecule has 2 saturated heterocycles. The lowest BCUT2D eigenvalue weighted by Crippen LogP contribution is -2.46. The molecule has 0 saturated carbocycles. The number of aromatic nitrogens is 2. The number of nitrogens with one attached hydrogen (secondary N) is 1. The third kappa shape index (κ3) is 1.43. The number of anilines is 1. The maximum absolute atomic E-state index is 11.2. The first-order valence-electron chi connectivity index (χ1n) is 5.25. The molecule has 2 bridgehead atoms. The molecular weight excluding hydrogens is 194 g/mol. The number of H-pyrrole nitrogens is 1. The van der Waals surface area contributed by atoms with Crippen LogP contribution in [0.5, 0.6) is 0 Å². The van der Waals surface area contributed by atoms with Crippen LogP contribution in [0.2, 0.25) is 0 Å². The summed E-state index contributed by atoms with van der Waals surface area (Å²) >= 11 is 0. The van der Waals surface area contributed by atoms with Gasteiger partial charge in [-0.1, -0.05) is 0 Å². The van der Waals surface area contributed by atoms with Gasteiger partial charge < -0.3 is 14.6 Å². The standard InChI is InChI=1S/C10H13N3O2/c14-10-3-9(11-6-12-10)13-7-1-2-8(13)5-15-4-7/h3,6-8H,1-2,4-5H2,(H,11,12,14). The molecule has 0 spiro atoms. The molecule has 1 aromatic rings. The molecule has 3 rings (SSSR count). The van der Waals surface area contributed by atoms with Gasteiger partial charge in [-0.3, -0.25) is 4.79 Å². The Morgan fingerprint density at radius 2 is 2.13 bits per heavy atom. The van der Waals surface area contributed by atoms with Gasteiger partial charge in [-0.15, -0.1) is 0 Å². The Morgan fingerprint density at radius 1 is 1.40 bits per heavy atom. The van der Waals surface area contributed by atoms with Crippen molar-refractivity contribution in [1.82, 2.24) is 9.97 Å². The van der Waals surface area contributed by atoms with E-state index in [-0.39, 0.29) is 5.56 Å². The SMILES string of the molecule is O=c1cc(N2C3CCC2COC3)nc[nH]1. The first-order chi connectivity index (χ1) is 7.34. The number of nitrogens with zero attached hydrogens (tertiary/aromatic N) is 2. The van der Waals surface area contributed by atoms with Gasteiger partial charge in [0.15, 0.2) is 0 Å². The summed E-state index contributed by atoms with van der Waals surface area (Å²) in [5, 5.41) is 0. The molecule has 5 heteroatoms. The number of fused-ring (bicyclic) bond motifs is 2. The molecule has 0 aromatic carbocycles. The molecule has 80 valence electrons. The van der Waals surface area contributed by atoms with Crippen LogP contribution >= 0.6 is 0 Å². The van der Waals surface area contributed by atoms with Crippen molar-refractivity contribution in [3.8, 4) is 0 Å². The van der Waals surface area contributed by atoms with Crippen molar-refractivity contribution in [2.24, 2.45) is 0 Å². The molecule has 1 N–H and O–H groups in total. The van der Waals surface area contributed by atoms with Crippen molar-refractivity contribution in [1.29, 1.82) is 0 Å². The van der Waals surface area contributed by atoms with E-state index in [1.54, 1.807) is 6.07 Å². The van der Waals surface area contributed by atoms with Gasteiger partial charge in [0.25, 0.3) is 5.56 Å². The minimum atomic E-state index is -0.0918. The van der Waals surface area contributed by atoms with E-state index >= 15 is 0 Å². The molecule has 2 aliphatic heterocycles. The van der Waals surface area contributed by atoms with Crippen molar-refractivity contribution in [3.63, 3.8) is 0 Å². The van der Waals surface area contributed by atoms with E-state index in [0.717, 1.165) is 31.9 Å². The monoisotopic (exact) mass is 207 g/mol. The number of hydrogen-bond donors (Lipinski definition) is 1. The quantitative estimate of drug-likeness (QED) is 0.711. The summed E-state index contributed by atoms with van der Waals surface area (Å²) in [5.41, 5.74) is -0.0918. The zero-order valence-corrected chi connectivity index (χ0v) is 8.35. The van der Waals surface area contributed by atoms with E-state index in [1.807, 2.05) is 0 Å². The molecule has 2 fully saturated rings. The van der Waals surface area contributed by atoms with Gasteiger partial charge in [-0.2, -0.15) is 0 Å². The molecule has 1 aromatic heterocycles. The first kappa shape index (κ1) is 8.91. The third-order valence-electron chi connectivity index (χ3n) is 3.17. The van der Waals surface area contributed by atoms with Crippen molar-refractivity contribution in [2.75, 3.05) is 18.1 Å². The number of ether oxygens (including phenoxy) is 1. The van der Waals surface area contributed by atoms with Crippen molar-refractivity contribution in [3.05, 3.63) is 22.7 Å². The number of morpholine rings is 1. The molecule has 2 aliphatic rings. The molecule has 2 atom stereocenters. The van der Waals surface area contributed by atoms with Crippen LogP contribution in [0.4, 0.5) is 5.82 Å². The molecule has 2 unspecified atom stereocenters. The summed E-state index contributed by atoms with van der Waals surface area (Å²) in [5.74, 6) is 0.787. The summed E-state index contributed by atoms with van der Waals surface area (Å²) in [6, 6.07) is 2.37. The fourth-order valence-electron chi connectivity index (χ4n) is 2.50. The second-order valence-corrected chi connectivity index (χ2v) is 4.10. The zero-order chi connectivity index (χ0) is 10.3. The lowest BCUT2D eigenvalue weighted by molar-refractivity contribution is 0.0902. The van der Waals surface area contributed by atoms with E-state index in [1.165, 1.54) is 6.33 Å². The van der Waals surface area contributed by atoms with E-state index < -0.39 is 0 Å². The van der Waals surface area contributed by atoms with E-state index in [4.69, 9.17) is 4.74 Å². The maximum Gasteiger partial charge on any atom is 0.252 e. The normalized spacial score (nSPS) is 29.5. The average Bonchev–Trinajstić information content (AvgIpc) is 2.49. The van der Waals surface area contributed by atoms with Crippen molar-refractivity contribution >= 4 is 5.82 Å². The largest absolute Gasteiger partial charge is 0.377 e. The molecule has 0 aliphatic carbocycles. The minimum absolute atomic E-state index is 0.0918. The highest BCUT2D eigenvalue weighted by molar-refractivity contribution is 5.42. The van der Waals surface area contributed by atoms with Gasteiger partial charge in [-0.25, -0.2) is 4.98 Å². The van der Waals surface area contributed by atoms with Crippen LogP contribution in [-0.2, 0) is 4.74 Å². The number of aromatic amines is 1. The first-order valence-corrected chi connectivity index (χ1v) is 5.25. The maximum atomic E-state index is 11.2. The smallest absolute Gasteiger partial charge is 0.252 e. The fraction of sp³-hybridized carbons (Fsp3) is 0.600. The van der Waals surface area contributed by atoms with Crippen LogP contribution in [0.15, 0.2) is 17.2 Å². The van der Waals surface area contributed by atoms with Crippen LogP contribution in [0, 0.1) is 0 Å². The lowest BCUT2D eigenvalue weighted by atomic mass is 10.2. The Bertz CT molecular complexity index is 401. The lowest BCUT2D eigenvalue weighted by Gasteiger charge is -2.35. The summed E-state index contributed by atoms with van der Waals surface area (Å²) < 4.78 is 5.48. The summed E-state index contributed by atoms with van der Waals surface area (Å²) in [6.07, 6.45) is 3.74. The summed E-state index contributed by atoms with van der Waals surface area (Å²) in [7, 11) is 0. The van der Waals surface area contributed by atoms with Gasteiger partial charge in [0.1, 0.15) is 5.82 Å². The molecular formula is C10H13N3O2. The van der Waals surface area contributed by atoms with Crippen LogP contribution in [0.3, 0.4) is 0 Å². The van der Waals surface area contributed by atoms with Gasteiger partial charge in [0.2, 0.25) is 0 Å². The predicted octanol–water partition coefficient (Wildman–Crippen LogP) is 0.137. The van der Waals surface area contributed by atoms with Crippen LogP contribution in [0.1, 0.15) is 12.8 Å². The molecule has 15 heavy (non-hydrogen) atoms. The second kappa shape index (κ2) is 3.34. The Kier molecular flexibility index (Phi) is 1.98. The highest BCUT2D eigenvalue weighted by Crippen LogP contribution is 2.31. The zero-order valence-electron chi connectivity index (χ0n) is 8.35. The molecule has 3 heterocycles. The Morgan fingerprint density at radius 3 is 2.80 bits per heavy atom. The predicted molar refractivity (Wildman–Crippen MR) is 55.0 cm³/mol. The molecule has 0 radical (unpaired) electrons. The molecule has 5 nitrogen and oxygen atoms in total. The van der Waals surface area contributed by atoms with Gasteiger partial charge in [-0.05, 0) is 12.8 Å². The summed E-state index contributed by atoms with van der Waals surface area (Å²) in [6.45, 7) is 1.51. The average molecular weight is 207 g/mol. The molecule has 0 amide bonds. The highest BCUT2D eigenvalue weighted by Gasteiger charge is 2.38. The summed E-state index contributed by atoms with van der Waals surface area (Å²) in [4.78, 5) is 20.2. The highest BCUT2D eigenvalue weighted by atomic mass is 16.5. The number of rotatable bonds is 1. The number of hydrogen-bond acceptors (Lipinski definition) is 4.